The lowest BCUT2D eigenvalue weighted by Gasteiger charge is -2.18. The molecule has 2 nitrogen and oxygen atoms in total. The number of ether oxygens (including phenoxy) is 1. The van der Waals surface area contributed by atoms with E-state index in [1.165, 1.54) is 0 Å². The third kappa shape index (κ3) is 2.89. The summed E-state index contributed by atoms with van der Waals surface area (Å²) in [6, 6.07) is 0. The summed E-state index contributed by atoms with van der Waals surface area (Å²) in [5.41, 5.74) is 0. The molecule has 0 aliphatic carbocycles. The van der Waals surface area contributed by atoms with Gasteiger partial charge in [-0.2, -0.15) is 8.78 Å². The van der Waals surface area contributed by atoms with Crippen LogP contribution < -0.4 is 0 Å². The van der Waals surface area contributed by atoms with Crippen molar-refractivity contribution < 1.29 is 27.1 Å². The normalized spacial score (nSPS) is 15.5. The van der Waals surface area contributed by atoms with Crippen LogP contribution in [0.5, 0.6) is 0 Å². The zero-order valence-corrected chi connectivity index (χ0v) is 6.11. The van der Waals surface area contributed by atoms with Crippen molar-refractivity contribution in [2.75, 3.05) is 0 Å². The van der Waals surface area contributed by atoms with Gasteiger partial charge in [0, 0.05) is 6.92 Å². The van der Waals surface area contributed by atoms with E-state index in [1.807, 2.05) is 0 Å². The molecule has 1 unspecified atom stereocenters. The standard InChI is InChI=1S/C6H6F4O2/c1-3(7)4(11)12-6(2,10)5(8)9/h5H,1H2,2H3. The monoisotopic (exact) mass is 186 g/mol. The molecule has 0 rings (SSSR count). The van der Waals surface area contributed by atoms with Gasteiger partial charge in [0.05, 0.1) is 0 Å². The summed E-state index contributed by atoms with van der Waals surface area (Å²) in [7, 11) is 0. The Morgan fingerprint density at radius 1 is 1.58 bits per heavy atom. The Balaban J connectivity index is 4.25. The Bertz CT molecular complexity index is 200. The summed E-state index contributed by atoms with van der Waals surface area (Å²) in [4.78, 5) is 10.2. The molecular weight excluding hydrogens is 180 g/mol. The van der Waals surface area contributed by atoms with Gasteiger partial charge in [-0.25, -0.2) is 13.6 Å². The maximum absolute atomic E-state index is 12.4. The van der Waals surface area contributed by atoms with Crippen LogP contribution >= 0.6 is 0 Å². The molecule has 0 radical (unpaired) electrons. The second kappa shape index (κ2) is 3.55. The Morgan fingerprint density at radius 2 is 2.00 bits per heavy atom. The highest BCUT2D eigenvalue weighted by atomic mass is 19.3. The van der Waals surface area contributed by atoms with E-state index in [2.05, 4.69) is 11.3 Å². The van der Waals surface area contributed by atoms with E-state index < -0.39 is 24.1 Å². The van der Waals surface area contributed by atoms with Crippen molar-refractivity contribution in [1.82, 2.24) is 0 Å². The molecule has 0 bridgehead atoms. The van der Waals surface area contributed by atoms with Crippen molar-refractivity contribution in [3.8, 4) is 0 Å². The fraction of sp³-hybridized carbons (Fsp3) is 0.500. The molecule has 0 fully saturated rings. The molecule has 0 saturated carbocycles. The Kier molecular flexibility index (Phi) is 3.24. The first-order valence-electron chi connectivity index (χ1n) is 2.82. The second-order valence-corrected chi connectivity index (χ2v) is 2.08. The summed E-state index contributed by atoms with van der Waals surface area (Å²) in [6.07, 6.45) is -3.53. The number of rotatable bonds is 3. The number of alkyl halides is 3. The molecule has 0 N–H and O–H groups in total. The van der Waals surface area contributed by atoms with Gasteiger partial charge in [0.1, 0.15) is 0 Å². The summed E-state index contributed by atoms with van der Waals surface area (Å²) >= 11 is 0. The minimum absolute atomic E-state index is 0.318. The smallest absolute Gasteiger partial charge is 0.369 e. The number of carbonyl (C=O) groups excluding carboxylic acids is 1. The fourth-order valence-electron chi connectivity index (χ4n) is 0.281. The van der Waals surface area contributed by atoms with E-state index >= 15 is 0 Å². The molecule has 0 aliphatic rings. The first-order valence-corrected chi connectivity index (χ1v) is 2.82. The number of halogens is 4. The van der Waals surface area contributed by atoms with Gasteiger partial charge in [-0.15, -0.1) is 0 Å². The minimum atomic E-state index is -3.53. The molecule has 1 atom stereocenters. The van der Waals surface area contributed by atoms with E-state index in [9.17, 15) is 22.4 Å². The second-order valence-electron chi connectivity index (χ2n) is 2.08. The maximum atomic E-state index is 12.4. The van der Waals surface area contributed by atoms with E-state index in [0.717, 1.165) is 0 Å². The lowest BCUT2D eigenvalue weighted by atomic mass is 10.4. The number of carbonyl (C=O) groups is 1. The van der Waals surface area contributed by atoms with E-state index in [-0.39, 0.29) is 0 Å². The molecule has 0 saturated heterocycles. The molecule has 6 heteroatoms. The number of hydrogen-bond donors (Lipinski definition) is 0. The first kappa shape index (κ1) is 10.9. The summed E-state index contributed by atoms with van der Waals surface area (Å²) in [5, 5.41) is 0. The quantitative estimate of drug-likeness (QED) is 0.382. The van der Waals surface area contributed by atoms with Crippen molar-refractivity contribution in [3.05, 3.63) is 12.4 Å². The van der Waals surface area contributed by atoms with Gasteiger partial charge < -0.3 is 4.74 Å². The van der Waals surface area contributed by atoms with E-state index in [0.29, 0.717) is 6.92 Å². The maximum Gasteiger partial charge on any atom is 0.369 e. The molecule has 0 heterocycles. The Labute approximate surface area is 65.8 Å². The molecule has 0 spiro atoms. The topological polar surface area (TPSA) is 26.3 Å². The minimum Gasteiger partial charge on any atom is -0.417 e. The van der Waals surface area contributed by atoms with Crippen LogP contribution in [0.3, 0.4) is 0 Å². The zero-order valence-electron chi connectivity index (χ0n) is 6.11. The van der Waals surface area contributed by atoms with Gasteiger partial charge in [-0.05, 0) is 0 Å². The lowest BCUT2D eigenvalue weighted by molar-refractivity contribution is -0.210. The van der Waals surface area contributed by atoms with Crippen molar-refractivity contribution in [3.63, 3.8) is 0 Å². The van der Waals surface area contributed by atoms with Crippen LogP contribution in [0.25, 0.3) is 0 Å². The molecule has 0 aromatic heterocycles. The Morgan fingerprint density at radius 3 is 2.25 bits per heavy atom. The molecule has 0 amide bonds. The van der Waals surface area contributed by atoms with Crippen LogP contribution in [0.15, 0.2) is 12.4 Å². The highest BCUT2D eigenvalue weighted by Gasteiger charge is 2.39. The molecule has 0 aromatic carbocycles. The average Bonchev–Trinajstić information content (AvgIpc) is 1.85. The van der Waals surface area contributed by atoms with Crippen molar-refractivity contribution in [2.24, 2.45) is 0 Å². The molecule has 0 aliphatic heterocycles. The highest BCUT2D eigenvalue weighted by Crippen LogP contribution is 2.22. The molecule has 70 valence electrons. The van der Waals surface area contributed by atoms with Gasteiger partial charge in [0.25, 0.3) is 0 Å². The van der Waals surface area contributed by atoms with Gasteiger partial charge in [-0.1, -0.05) is 6.58 Å². The van der Waals surface area contributed by atoms with Crippen LogP contribution in [0.1, 0.15) is 6.92 Å². The van der Waals surface area contributed by atoms with Crippen LogP contribution in [0.4, 0.5) is 17.6 Å². The fourth-order valence-corrected chi connectivity index (χ4v) is 0.281. The van der Waals surface area contributed by atoms with Gasteiger partial charge in [0.15, 0.2) is 0 Å². The van der Waals surface area contributed by atoms with Gasteiger partial charge in [0.2, 0.25) is 5.83 Å². The summed E-state index contributed by atoms with van der Waals surface area (Å²) < 4.78 is 50.9. The van der Waals surface area contributed by atoms with Crippen molar-refractivity contribution in [1.29, 1.82) is 0 Å². The third-order valence-electron chi connectivity index (χ3n) is 0.904. The number of hydrogen-bond acceptors (Lipinski definition) is 2. The van der Waals surface area contributed by atoms with Crippen molar-refractivity contribution in [2.45, 2.75) is 19.2 Å². The third-order valence-corrected chi connectivity index (χ3v) is 0.904. The first-order chi connectivity index (χ1) is 5.27. The van der Waals surface area contributed by atoms with Gasteiger partial charge in [-0.3, -0.25) is 0 Å². The Hall–Kier alpha value is -1.07. The largest absolute Gasteiger partial charge is 0.417 e. The highest BCUT2D eigenvalue weighted by molar-refractivity contribution is 5.85. The van der Waals surface area contributed by atoms with Crippen LogP contribution in [-0.2, 0) is 9.53 Å². The predicted molar refractivity (Wildman–Crippen MR) is 31.9 cm³/mol. The van der Waals surface area contributed by atoms with Gasteiger partial charge >= 0.3 is 18.2 Å². The molecule has 0 aromatic rings. The van der Waals surface area contributed by atoms with E-state index in [1.54, 1.807) is 0 Å². The SMILES string of the molecule is C=C(F)C(=O)OC(C)(F)C(F)F. The average molecular weight is 186 g/mol. The number of esters is 1. The summed E-state index contributed by atoms with van der Waals surface area (Å²) in [5.74, 6) is -6.94. The lowest BCUT2D eigenvalue weighted by Crippen LogP contribution is -2.34. The summed E-state index contributed by atoms with van der Waals surface area (Å²) in [6.45, 7) is 2.76. The van der Waals surface area contributed by atoms with Crippen LogP contribution in [-0.4, -0.2) is 18.2 Å². The van der Waals surface area contributed by atoms with E-state index in [4.69, 9.17) is 0 Å². The van der Waals surface area contributed by atoms with Crippen LogP contribution in [0, 0.1) is 0 Å². The molecule has 12 heavy (non-hydrogen) atoms. The van der Waals surface area contributed by atoms with Crippen molar-refractivity contribution >= 4 is 5.97 Å². The zero-order chi connectivity index (χ0) is 9.94. The predicted octanol–water partition coefficient (Wildman–Crippen LogP) is 1.96. The van der Waals surface area contributed by atoms with Crippen LogP contribution in [0.2, 0.25) is 0 Å². The molecular formula is C6H6F4O2.